The molecular formula is C33H31N3O2S. The Morgan fingerprint density at radius 1 is 0.615 bits per heavy atom. The molecular weight excluding hydrogens is 502 g/mol. The highest BCUT2D eigenvalue weighted by Crippen LogP contribution is 2.32. The lowest BCUT2D eigenvalue weighted by molar-refractivity contribution is 0.590. The van der Waals surface area contributed by atoms with Crippen molar-refractivity contribution in [2.45, 2.75) is 23.5 Å². The summed E-state index contributed by atoms with van der Waals surface area (Å²) in [5.74, 6) is 0. The molecule has 0 radical (unpaired) electrons. The molecule has 0 unspecified atom stereocenters. The maximum absolute atomic E-state index is 13.9. The van der Waals surface area contributed by atoms with Gasteiger partial charge in [0.1, 0.15) is 0 Å². The first kappa shape index (κ1) is 26.2. The van der Waals surface area contributed by atoms with Crippen LogP contribution in [0.15, 0.2) is 150 Å². The SMILES string of the molecule is N[C@@H](c1ccccc1)[C@@H](Nc1ccc(S(=O)(=O)N(Cc2ccccc2)c2ccccc2)cc1)c1ccccc1. The summed E-state index contributed by atoms with van der Waals surface area (Å²) in [7, 11) is -3.83. The van der Waals surface area contributed by atoms with Crippen molar-refractivity contribution in [3.8, 4) is 0 Å². The lowest BCUT2D eigenvalue weighted by atomic mass is 9.94. The molecule has 0 spiro atoms. The van der Waals surface area contributed by atoms with Gasteiger partial charge < -0.3 is 11.1 Å². The second kappa shape index (κ2) is 12.0. The molecule has 0 amide bonds. The van der Waals surface area contributed by atoms with Crippen LogP contribution in [0.5, 0.6) is 0 Å². The minimum Gasteiger partial charge on any atom is -0.376 e. The van der Waals surface area contributed by atoms with Crippen LogP contribution >= 0.6 is 0 Å². The molecule has 6 heteroatoms. The summed E-state index contributed by atoms with van der Waals surface area (Å²) in [6.07, 6.45) is 0. The van der Waals surface area contributed by atoms with Crippen LogP contribution < -0.4 is 15.4 Å². The summed E-state index contributed by atoms with van der Waals surface area (Å²) in [4.78, 5) is 0.219. The van der Waals surface area contributed by atoms with E-state index in [9.17, 15) is 8.42 Å². The van der Waals surface area contributed by atoms with Gasteiger partial charge in [0.25, 0.3) is 10.0 Å². The fourth-order valence-electron chi connectivity index (χ4n) is 4.60. The van der Waals surface area contributed by atoms with Crippen molar-refractivity contribution < 1.29 is 8.42 Å². The summed E-state index contributed by atoms with van der Waals surface area (Å²) < 4.78 is 29.2. The Kier molecular flexibility index (Phi) is 8.06. The molecule has 0 saturated heterocycles. The van der Waals surface area contributed by atoms with E-state index >= 15 is 0 Å². The van der Waals surface area contributed by atoms with Crippen LogP contribution in [0.1, 0.15) is 28.8 Å². The summed E-state index contributed by atoms with van der Waals surface area (Å²) in [6, 6.07) is 45.1. The van der Waals surface area contributed by atoms with Gasteiger partial charge in [-0.1, -0.05) is 109 Å². The zero-order valence-corrected chi connectivity index (χ0v) is 22.3. The first-order valence-electron chi connectivity index (χ1n) is 12.9. The van der Waals surface area contributed by atoms with Crippen molar-refractivity contribution in [3.05, 3.63) is 162 Å². The maximum Gasteiger partial charge on any atom is 0.264 e. The van der Waals surface area contributed by atoms with Crippen LogP contribution in [-0.4, -0.2) is 8.42 Å². The Morgan fingerprint density at radius 3 is 1.67 bits per heavy atom. The second-order valence-electron chi connectivity index (χ2n) is 9.33. The monoisotopic (exact) mass is 533 g/mol. The fourth-order valence-corrected chi connectivity index (χ4v) is 6.05. The lowest BCUT2D eigenvalue weighted by Crippen LogP contribution is -2.30. The zero-order valence-electron chi connectivity index (χ0n) is 21.5. The molecule has 0 aromatic heterocycles. The molecule has 2 atom stereocenters. The maximum atomic E-state index is 13.9. The first-order chi connectivity index (χ1) is 19.0. The third-order valence-corrected chi connectivity index (χ3v) is 8.47. The van der Waals surface area contributed by atoms with Crippen LogP contribution in [0.25, 0.3) is 0 Å². The molecule has 0 saturated carbocycles. The molecule has 5 nitrogen and oxygen atoms in total. The molecule has 5 rings (SSSR count). The Hall–Kier alpha value is -4.39. The van der Waals surface area contributed by atoms with E-state index in [2.05, 4.69) is 5.32 Å². The van der Waals surface area contributed by atoms with E-state index in [1.807, 2.05) is 121 Å². The van der Waals surface area contributed by atoms with Crippen molar-refractivity contribution in [2.75, 3.05) is 9.62 Å². The fraction of sp³-hybridized carbons (Fsp3) is 0.0909. The molecule has 0 aliphatic carbocycles. The average Bonchev–Trinajstić information content (AvgIpc) is 3.00. The highest BCUT2D eigenvalue weighted by Gasteiger charge is 2.26. The Bertz CT molecular complexity index is 1560. The molecule has 5 aromatic carbocycles. The van der Waals surface area contributed by atoms with E-state index in [0.717, 1.165) is 22.4 Å². The minimum atomic E-state index is -3.83. The van der Waals surface area contributed by atoms with Crippen molar-refractivity contribution >= 4 is 21.4 Å². The van der Waals surface area contributed by atoms with Crippen LogP contribution in [0, 0.1) is 0 Å². The average molecular weight is 534 g/mol. The number of hydrogen-bond acceptors (Lipinski definition) is 4. The lowest BCUT2D eigenvalue weighted by Gasteiger charge is -2.27. The number of nitrogens with two attached hydrogens (primary N) is 1. The Balaban J connectivity index is 1.43. The van der Waals surface area contributed by atoms with E-state index in [-0.39, 0.29) is 23.5 Å². The molecule has 0 fully saturated rings. The molecule has 3 N–H and O–H groups in total. The number of nitrogens with one attached hydrogen (secondary N) is 1. The molecule has 0 aliphatic rings. The van der Waals surface area contributed by atoms with Gasteiger partial charge in [0, 0.05) is 5.69 Å². The number of para-hydroxylation sites is 1. The van der Waals surface area contributed by atoms with Gasteiger partial charge in [-0.3, -0.25) is 4.31 Å². The second-order valence-corrected chi connectivity index (χ2v) is 11.2. The zero-order chi connectivity index (χ0) is 27.1. The number of nitrogens with zero attached hydrogens (tertiary/aromatic N) is 1. The standard InChI is InChI=1S/C33H31N3O2S/c34-32(27-15-7-2-8-16-27)33(28-17-9-3-10-18-28)35-29-21-23-31(24-22-29)39(37,38)36(30-19-11-4-12-20-30)25-26-13-5-1-6-14-26/h1-24,32-33,35H,25,34H2/t32-,33-/m0/s1. The van der Waals surface area contributed by atoms with E-state index in [1.54, 1.807) is 24.3 Å². The van der Waals surface area contributed by atoms with E-state index < -0.39 is 10.0 Å². The third-order valence-electron chi connectivity index (χ3n) is 6.68. The van der Waals surface area contributed by atoms with Gasteiger partial charge >= 0.3 is 0 Å². The van der Waals surface area contributed by atoms with Crippen LogP contribution in [0.3, 0.4) is 0 Å². The van der Waals surface area contributed by atoms with Crippen molar-refractivity contribution in [1.82, 2.24) is 0 Å². The van der Waals surface area contributed by atoms with E-state index in [0.29, 0.717) is 5.69 Å². The summed E-state index contributed by atoms with van der Waals surface area (Å²) in [5.41, 5.74) is 11.1. The molecule has 0 heterocycles. The summed E-state index contributed by atoms with van der Waals surface area (Å²) in [5, 5.41) is 3.54. The highest BCUT2D eigenvalue weighted by atomic mass is 32.2. The van der Waals surface area contributed by atoms with Gasteiger partial charge in [0.2, 0.25) is 0 Å². The third kappa shape index (κ3) is 6.20. The first-order valence-corrected chi connectivity index (χ1v) is 14.3. The van der Waals surface area contributed by atoms with Gasteiger partial charge in [-0.05, 0) is 53.1 Å². The summed E-state index contributed by atoms with van der Waals surface area (Å²) in [6.45, 7) is 0.231. The predicted octanol–water partition coefficient (Wildman–Crippen LogP) is 6.94. The Morgan fingerprint density at radius 2 is 1.10 bits per heavy atom. The van der Waals surface area contributed by atoms with E-state index in [4.69, 9.17) is 5.73 Å². The van der Waals surface area contributed by atoms with Crippen LogP contribution in [-0.2, 0) is 16.6 Å². The van der Waals surface area contributed by atoms with Gasteiger partial charge in [0.15, 0.2) is 0 Å². The summed E-state index contributed by atoms with van der Waals surface area (Å²) >= 11 is 0. The van der Waals surface area contributed by atoms with Gasteiger partial charge in [-0.15, -0.1) is 0 Å². The topological polar surface area (TPSA) is 75.4 Å². The number of rotatable bonds is 10. The number of sulfonamides is 1. The van der Waals surface area contributed by atoms with Gasteiger partial charge in [0.05, 0.1) is 29.2 Å². The number of benzene rings is 5. The van der Waals surface area contributed by atoms with Crippen LogP contribution in [0.4, 0.5) is 11.4 Å². The molecule has 196 valence electrons. The van der Waals surface area contributed by atoms with Crippen molar-refractivity contribution in [1.29, 1.82) is 0 Å². The van der Waals surface area contributed by atoms with Gasteiger partial charge in [-0.2, -0.15) is 0 Å². The molecule has 5 aromatic rings. The predicted molar refractivity (Wildman–Crippen MR) is 159 cm³/mol. The quantitative estimate of drug-likeness (QED) is 0.204. The van der Waals surface area contributed by atoms with Gasteiger partial charge in [-0.25, -0.2) is 8.42 Å². The Labute approximate surface area is 230 Å². The minimum absolute atomic E-state index is 0.213. The molecule has 0 bridgehead atoms. The largest absolute Gasteiger partial charge is 0.376 e. The highest BCUT2D eigenvalue weighted by molar-refractivity contribution is 7.92. The van der Waals surface area contributed by atoms with Crippen molar-refractivity contribution in [3.63, 3.8) is 0 Å². The number of hydrogen-bond donors (Lipinski definition) is 2. The van der Waals surface area contributed by atoms with E-state index in [1.165, 1.54) is 4.31 Å². The van der Waals surface area contributed by atoms with Crippen LogP contribution in [0.2, 0.25) is 0 Å². The normalized spacial score (nSPS) is 12.8. The molecule has 0 aliphatic heterocycles. The number of anilines is 2. The smallest absolute Gasteiger partial charge is 0.264 e. The molecule has 39 heavy (non-hydrogen) atoms. The van der Waals surface area contributed by atoms with Crippen molar-refractivity contribution in [2.24, 2.45) is 5.73 Å².